The van der Waals surface area contributed by atoms with Crippen molar-refractivity contribution in [2.45, 2.75) is 58.7 Å². The first-order valence-electron chi connectivity index (χ1n) is 9.03. The van der Waals surface area contributed by atoms with Gasteiger partial charge in [-0.05, 0) is 38.8 Å². The van der Waals surface area contributed by atoms with E-state index in [1.54, 1.807) is 12.2 Å². The van der Waals surface area contributed by atoms with Crippen LogP contribution in [0.2, 0.25) is 0 Å². The highest BCUT2D eigenvalue weighted by atomic mass is 16.2. The largest absolute Gasteiger partial charge is 0.341 e. The van der Waals surface area contributed by atoms with E-state index in [9.17, 15) is 4.79 Å². The number of carbonyl (C=O) groups is 1. The first-order valence-corrected chi connectivity index (χ1v) is 9.03. The summed E-state index contributed by atoms with van der Waals surface area (Å²) in [5, 5.41) is 12.1. The van der Waals surface area contributed by atoms with Crippen molar-refractivity contribution in [1.82, 2.24) is 10.2 Å². The molecule has 0 aliphatic carbocycles. The molecular weight excluding hydrogens is 314 g/mol. The van der Waals surface area contributed by atoms with E-state index in [2.05, 4.69) is 30.7 Å². The minimum Gasteiger partial charge on any atom is -0.341 e. The maximum Gasteiger partial charge on any atom is 0.239 e. The van der Waals surface area contributed by atoms with Gasteiger partial charge in [-0.3, -0.25) is 15.1 Å². The predicted molar refractivity (Wildman–Crippen MR) is 104 cm³/mol. The van der Waals surface area contributed by atoms with Gasteiger partial charge in [0.1, 0.15) is 6.07 Å². The summed E-state index contributed by atoms with van der Waals surface area (Å²) in [7, 11) is 0. The van der Waals surface area contributed by atoms with Gasteiger partial charge in [0.05, 0.1) is 17.8 Å². The third-order valence-corrected chi connectivity index (χ3v) is 3.66. The van der Waals surface area contributed by atoms with Crippen LogP contribution in [-0.2, 0) is 4.79 Å². The molecule has 0 rings (SSSR count). The summed E-state index contributed by atoms with van der Waals surface area (Å²) >= 11 is 0. The number of nitrogens with two attached hydrogens (primary N) is 1. The molecule has 1 unspecified atom stereocenters. The van der Waals surface area contributed by atoms with Crippen LogP contribution >= 0.6 is 0 Å². The Morgan fingerprint density at radius 2 is 2.12 bits per heavy atom. The second-order valence-corrected chi connectivity index (χ2v) is 5.95. The zero-order valence-electron chi connectivity index (χ0n) is 15.9. The standard InChI is InChI=1S/C19H33N5O/c1-5-8-13-24(12-7-3)19(25)18(21)10-11-22-16(4)23-15-17(14-20)9-6-2/h6,9,15-16,18,22H,2,5,7-8,10-13,21H2,1,3-4H3/b17-9-,23-15-/t16?,18-/m0/s1. The van der Waals surface area contributed by atoms with Crippen molar-refractivity contribution in [3.63, 3.8) is 0 Å². The van der Waals surface area contributed by atoms with Crippen LogP contribution in [0.15, 0.2) is 29.3 Å². The highest BCUT2D eigenvalue weighted by molar-refractivity contribution is 5.84. The molecule has 2 atom stereocenters. The van der Waals surface area contributed by atoms with E-state index in [-0.39, 0.29) is 12.1 Å². The lowest BCUT2D eigenvalue weighted by atomic mass is 10.1. The van der Waals surface area contributed by atoms with Gasteiger partial charge in [0.2, 0.25) is 5.91 Å². The van der Waals surface area contributed by atoms with Crippen LogP contribution < -0.4 is 11.1 Å². The van der Waals surface area contributed by atoms with Gasteiger partial charge < -0.3 is 10.6 Å². The molecule has 1 amide bonds. The fourth-order valence-corrected chi connectivity index (χ4v) is 2.24. The molecule has 140 valence electrons. The molecule has 0 aliphatic heterocycles. The minimum atomic E-state index is -0.498. The maximum absolute atomic E-state index is 12.4. The van der Waals surface area contributed by atoms with Gasteiger partial charge in [-0.1, -0.05) is 32.9 Å². The van der Waals surface area contributed by atoms with E-state index < -0.39 is 6.04 Å². The number of amides is 1. The lowest BCUT2D eigenvalue weighted by Crippen LogP contribution is -2.46. The Morgan fingerprint density at radius 3 is 2.68 bits per heavy atom. The maximum atomic E-state index is 12.4. The Kier molecular flexibility index (Phi) is 13.2. The highest BCUT2D eigenvalue weighted by Gasteiger charge is 2.19. The van der Waals surface area contributed by atoms with Crippen molar-refractivity contribution in [2.24, 2.45) is 10.7 Å². The summed E-state index contributed by atoms with van der Waals surface area (Å²) in [5.41, 5.74) is 6.50. The fourth-order valence-electron chi connectivity index (χ4n) is 2.24. The number of nitrogens with zero attached hydrogens (tertiary/aromatic N) is 3. The van der Waals surface area contributed by atoms with Crippen molar-refractivity contribution in [1.29, 1.82) is 5.26 Å². The van der Waals surface area contributed by atoms with Gasteiger partial charge in [-0.25, -0.2) is 0 Å². The quantitative estimate of drug-likeness (QED) is 0.304. The van der Waals surface area contributed by atoms with Crippen LogP contribution in [0.5, 0.6) is 0 Å². The molecule has 0 spiro atoms. The fraction of sp³-hybridized carbons (Fsp3) is 0.632. The molecule has 0 aromatic heterocycles. The van der Waals surface area contributed by atoms with E-state index in [1.165, 1.54) is 6.21 Å². The van der Waals surface area contributed by atoms with E-state index >= 15 is 0 Å². The van der Waals surface area contributed by atoms with E-state index in [1.807, 2.05) is 17.9 Å². The van der Waals surface area contributed by atoms with E-state index in [0.29, 0.717) is 18.5 Å². The van der Waals surface area contributed by atoms with Crippen LogP contribution in [0.25, 0.3) is 0 Å². The third kappa shape index (κ3) is 10.5. The lowest BCUT2D eigenvalue weighted by molar-refractivity contribution is -0.132. The first kappa shape index (κ1) is 23.0. The Balaban J connectivity index is 4.35. The topological polar surface area (TPSA) is 94.5 Å². The Hall–Kier alpha value is -1.97. The monoisotopic (exact) mass is 347 g/mol. The normalized spacial score (nSPS) is 14.1. The minimum absolute atomic E-state index is 0.0222. The number of nitrogens with one attached hydrogen (secondary N) is 1. The molecule has 3 N–H and O–H groups in total. The molecule has 0 aliphatic rings. The molecule has 25 heavy (non-hydrogen) atoms. The molecule has 6 heteroatoms. The zero-order valence-corrected chi connectivity index (χ0v) is 15.9. The third-order valence-electron chi connectivity index (χ3n) is 3.66. The first-order chi connectivity index (χ1) is 12.0. The number of nitriles is 1. The Morgan fingerprint density at radius 1 is 1.40 bits per heavy atom. The van der Waals surface area contributed by atoms with Crippen molar-refractivity contribution >= 4 is 12.1 Å². The summed E-state index contributed by atoms with van der Waals surface area (Å²) in [6, 6.07) is 1.53. The number of unbranched alkanes of at least 4 members (excludes halogenated alkanes) is 1. The van der Waals surface area contributed by atoms with Crippen LogP contribution in [0.3, 0.4) is 0 Å². The number of allylic oxidation sites excluding steroid dienone is 3. The molecule has 0 fully saturated rings. The van der Waals surface area contributed by atoms with Crippen molar-refractivity contribution in [3.8, 4) is 6.07 Å². The summed E-state index contributed by atoms with van der Waals surface area (Å²) in [4.78, 5) is 18.6. The molecule has 6 nitrogen and oxygen atoms in total. The van der Waals surface area contributed by atoms with Gasteiger partial charge in [0.15, 0.2) is 0 Å². The summed E-state index contributed by atoms with van der Waals surface area (Å²) in [6.07, 6.45) is 8.06. The number of hydrogen-bond acceptors (Lipinski definition) is 5. The SMILES string of the molecule is C=C/C=C(C#N)\C=N/C(C)NCC[C@H](N)C(=O)N(CCC)CCCC. The highest BCUT2D eigenvalue weighted by Crippen LogP contribution is 2.02. The van der Waals surface area contributed by atoms with E-state index in [4.69, 9.17) is 11.0 Å². The predicted octanol–water partition coefficient (Wildman–Crippen LogP) is 2.38. The van der Waals surface area contributed by atoms with Crippen LogP contribution in [0, 0.1) is 11.3 Å². The van der Waals surface area contributed by atoms with Crippen molar-refractivity contribution in [2.75, 3.05) is 19.6 Å². The van der Waals surface area contributed by atoms with Crippen LogP contribution in [0.1, 0.15) is 46.5 Å². The molecule has 0 aromatic carbocycles. The number of carbonyl (C=O) groups excluding carboxylic acids is 1. The summed E-state index contributed by atoms with van der Waals surface area (Å²) in [6.45, 7) is 11.7. The van der Waals surface area contributed by atoms with Gasteiger partial charge >= 0.3 is 0 Å². The Bertz CT molecular complexity index is 493. The molecule has 0 bridgehead atoms. The molecule has 0 aromatic rings. The molecule has 0 saturated heterocycles. The second-order valence-electron chi connectivity index (χ2n) is 5.95. The number of hydrogen-bond donors (Lipinski definition) is 2. The van der Waals surface area contributed by atoms with Gasteiger partial charge in [0.25, 0.3) is 0 Å². The average molecular weight is 348 g/mol. The molecular formula is C19H33N5O. The lowest BCUT2D eigenvalue weighted by Gasteiger charge is -2.25. The van der Waals surface area contributed by atoms with Gasteiger partial charge in [0, 0.05) is 19.3 Å². The summed E-state index contributed by atoms with van der Waals surface area (Å²) in [5.74, 6) is 0.0222. The number of aliphatic imine (C=N–C) groups is 1. The summed E-state index contributed by atoms with van der Waals surface area (Å²) < 4.78 is 0. The van der Waals surface area contributed by atoms with Gasteiger partial charge in [-0.2, -0.15) is 5.26 Å². The van der Waals surface area contributed by atoms with Crippen LogP contribution in [0.4, 0.5) is 0 Å². The zero-order chi connectivity index (χ0) is 19.1. The Labute approximate surface area is 152 Å². The van der Waals surface area contributed by atoms with Crippen molar-refractivity contribution in [3.05, 3.63) is 24.3 Å². The van der Waals surface area contributed by atoms with Crippen LogP contribution in [-0.4, -0.2) is 48.9 Å². The average Bonchev–Trinajstić information content (AvgIpc) is 2.61. The second kappa shape index (κ2) is 14.4. The molecule has 0 radical (unpaired) electrons. The number of rotatable bonds is 13. The molecule has 0 heterocycles. The van der Waals surface area contributed by atoms with Gasteiger partial charge in [-0.15, -0.1) is 0 Å². The smallest absolute Gasteiger partial charge is 0.239 e. The van der Waals surface area contributed by atoms with E-state index in [0.717, 1.165) is 32.4 Å². The molecule has 0 saturated carbocycles. The van der Waals surface area contributed by atoms with Crippen molar-refractivity contribution < 1.29 is 4.79 Å².